The first-order valence-corrected chi connectivity index (χ1v) is 6.64. The molecular weight excluding hydrogens is 294 g/mol. The lowest BCUT2D eigenvalue weighted by Crippen LogP contribution is -2.42. The molecule has 0 saturated carbocycles. The van der Waals surface area contributed by atoms with E-state index in [0.29, 0.717) is 26.1 Å². The Morgan fingerprint density at radius 3 is 2.81 bits per heavy atom. The van der Waals surface area contributed by atoms with E-state index >= 15 is 0 Å². The van der Waals surface area contributed by atoms with Crippen LogP contribution in [0.1, 0.15) is 18.5 Å². The number of ether oxygens (including phenoxy) is 2. The monoisotopic (exact) mass is 305 g/mol. The Labute approximate surface area is 106 Å². The molecule has 1 aromatic heterocycles. The van der Waals surface area contributed by atoms with Gasteiger partial charge < -0.3 is 9.47 Å². The van der Waals surface area contributed by atoms with E-state index < -0.39 is 5.41 Å². The summed E-state index contributed by atoms with van der Waals surface area (Å²) in [5, 5.41) is 1.91. The van der Waals surface area contributed by atoms with Gasteiger partial charge in [-0.15, -0.1) is 11.3 Å². The molecule has 1 saturated heterocycles. The van der Waals surface area contributed by atoms with Crippen molar-refractivity contribution >= 4 is 33.2 Å². The van der Waals surface area contributed by atoms with Crippen molar-refractivity contribution in [2.45, 2.75) is 18.3 Å². The van der Waals surface area contributed by atoms with Crippen molar-refractivity contribution in [1.82, 2.24) is 4.98 Å². The molecule has 4 nitrogen and oxygen atoms in total. The zero-order chi connectivity index (χ0) is 11.6. The molecule has 0 bridgehead atoms. The summed E-state index contributed by atoms with van der Waals surface area (Å²) >= 11 is 4.80. The second-order valence-electron chi connectivity index (χ2n) is 3.67. The smallest absolute Gasteiger partial charge is 0.318 e. The number of carbonyl (C=O) groups is 1. The quantitative estimate of drug-likeness (QED) is 0.785. The highest BCUT2D eigenvalue weighted by Gasteiger charge is 2.44. The molecule has 0 atom stereocenters. The fourth-order valence-corrected chi connectivity index (χ4v) is 3.06. The second kappa shape index (κ2) is 4.81. The molecule has 2 heterocycles. The largest absolute Gasteiger partial charge is 0.468 e. The van der Waals surface area contributed by atoms with Gasteiger partial charge in [-0.2, -0.15) is 0 Å². The van der Waals surface area contributed by atoms with Gasteiger partial charge in [-0.25, -0.2) is 4.98 Å². The van der Waals surface area contributed by atoms with Gasteiger partial charge >= 0.3 is 5.97 Å². The molecule has 0 N–H and O–H groups in total. The van der Waals surface area contributed by atoms with Crippen molar-refractivity contribution in [3.8, 4) is 0 Å². The van der Waals surface area contributed by atoms with Gasteiger partial charge in [0.25, 0.3) is 0 Å². The van der Waals surface area contributed by atoms with E-state index in [0.717, 1.165) is 9.61 Å². The molecular formula is C10H12BrNO3S. The fraction of sp³-hybridized carbons (Fsp3) is 0.600. The van der Waals surface area contributed by atoms with Crippen molar-refractivity contribution in [3.63, 3.8) is 0 Å². The third kappa shape index (κ3) is 2.01. The first kappa shape index (κ1) is 12.0. The van der Waals surface area contributed by atoms with Crippen LogP contribution in [0, 0.1) is 0 Å². The van der Waals surface area contributed by atoms with Crippen LogP contribution in [-0.2, 0) is 19.7 Å². The minimum atomic E-state index is -0.616. The molecule has 6 heteroatoms. The van der Waals surface area contributed by atoms with E-state index in [-0.39, 0.29) is 5.97 Å². The minimum Gasteiger partial charge on any atom is -0.468 e. The van der Waals surface area contributed by atoms with Crippen LogP contribution in [0.25, 0.3) is 0 Å². The van der Waals surface area contributed by atoms with Gasteiger partial charge in [-0.05, 0) is 28.8 Å². The molecule has 1 fully saturated rings. The normalized spacial score (nSPS) is 19.4. The molecule has 0 radical (unpaired) electrons. The summed E-state index contributed by atoms with van der Waals surface area (Å²) in [5.74, 6) is -0.214. The van der Waals surface area contributed by atoms with Gasteiger partial charge in [0.15, 0.2) is 3.92 Å². The maximum atomic E-state index is 12.0. The van der Waals surface area contributed by atoms with Crippen molar-refractivity contribution in [3.05, 3.63) is 15.0 Å². The van der Waals surface area contributed by atoms with E-state index in [9.17, 15) is 4.79 Å². The minimum absolute atomic E-state index is 0.214. The molecule has 0 spiro atoms. The van der Waals surface area contributed by atoms with E-state index in [2.05, 4.69) is 20.9 Å². The number of thiazole rings is 1. The van der Waals surface area contributed by atoms with Crippen LogP contribution in [0.4, 0.5) is 0 Å². The Morgan fingerprint density at radius 2 is 2.31 bits per heavy atom. The lowest BCUT2D eigenvalue weighted by molar-refractivity contribution is -0.151. The summed E-state index contributed by atoms with van der Waals surface area (Å²) in [7, 11) is 1.42. The number of esters is 1. The molecule has 0 amide bonds. The summed E-state index contributed by atoms with van der Waals surface area (Å²) in [6, 6.07) is 0. The highest BCUT2D eigenvalue weighted by Crippen LogP contribution is 2.37. The van der Waals surface area contributed by atoms with E-state index in [1.807, 2.05) is 5.38 Å². The Kier molecular flexibility index (Phi) is 3.61. The van der Waals surface area contributed by atoms with Crippen molar-refractivity contribution in [1.29, 1.82) is 0 Å². The number of carbonyl (C=O) groups excluding carboxylic acids is 1. The van der Waals surface area contributed by atoms with Gasteiger partial charge in [-0.3, -0.25) is 4.79 Å². The first-order valence-electron chi connectivity index (χ1n) is 4.97. The fourth-order valence-electron chi connectivity index (χ4n) is 1.95. The van der Waals surface area contributed by atoms with Gasteiger partial charge in [0, 0.05) is 18.6 Å². The van der Waals surface area contributed by atoms with Gasteiger partial charge in [0.1, 0.15) is 5.41 Å². The zero-order valence-electron chi connectivity index (χ0n) is 8.86. The standard InChI is InChI=1S/C10H12BrNO3S/c1-14-8(13)10(2-4-15-5-3-10)7-6-16-9(11)12-7/h6H,2-5H2,1H3. The molecule has 1 aliphatic heterocycles. The molecule has 16 heavy (non-hydrogen) atoms. The summed E-state index contributed by atoms with van der Waals surface area (Å²) in [5.41, 5.74) is 0.176. The summed E-state index contributed by atoms with van der Waals surface area (Å²) in [6.07, 6.45) is 1.27. The van der Waals surface area contributed by atoms with Crippen LogP contribution >= 0.6 is 27.3 Å². The first-order chi connectivity index (χ1) is 7.69. The van der Waals surface area contributed by atoms with Gasteiger partial charge in [0.05, 0.1) is 12.8 Å². The summed E-state index contributed by atoms with van der Waals surface area (Å²) < 4.78 is 11.0. The number of rotatable bonds is 2. The highest BCUT2D eigenvalue weighted by molar-refractivity contribution is 9.11. The van der Waals surface area contributed by atoms with Crippen molar-refractivity contribution in [2.24, 2.45) is 0 Å². The predicted molar refractivity (Wildman–Crippen MR) is 63.6 cm³/mol. The number of aromatic nitrogens is 1. The maximum Gasteiger partial charge on any atom is 0.318 e. The molecule has 0 aromatic carbocycles. The van der Waals surface area contributed by atoms with E-state index in [1.165, 1.54) is 18.4 Å². The number of nitrogens with zero attached hydrogens (tertiary/aromatic N) is 1. The second-order valence-corrected chi connectivity index (χ2v) is 5.81. The SMILES string of the molecule is COC(=O)C1(c2csc(Br)n2)CCOCC1. The van der Waals surface area contributed by atoms with Crippen LogP contribution in [0.5, 0.6) is 0 Å². The van der Waals surface area contributed by atoms with Gasteiger partial charge in [0.2, 0.25) is 0 Å². The Morgan fingerprint density at radius 1 is 1.62 bits per heavy atom. The Bertz CT molecular complexity index is 387. The predicted octanol–water partition coefficient (Wildman–Crippen LogP) is 2.13. The zero-order valence-corrected chi connectivity index (χ0v) is 11.3. The number of methoxy groups -OCH3 is 1. The van der Waals surface area contributed by atoms with Crippen molar-refractivity contribution in [2.75, 3.05) is 20.3 Å². The third-order valence-corrected chi connectivity index (χ3v) is 4.25. The van der Waals surface area contributed by atoms with Crippen LogP contribution in [-0.4, -0.2) is 31.3 Å². The average molecular weight is 306 g/mol. The molecule has 1 aromatic rings. The molecule has 1 aliphatic rings. The van der Waals surface area contributed by atoms with Crippen LogP contribution in [0.15, 0.2) is 9.30 Å². The summed E-state index contributed by atoms with van der Waals surface area (Å²) in [4.78, 5) is 16.3. The van der Waals surface area contributed by atoms with Crippen LogP contribution < -0.4 is 0 Å². The lowest BCUT2D eigenvalue weighted by Gasteiger charge is -2.32. The summed E-state index contributed by atoms with van der Waals surface area (Å²) in [6.45, 7) is 1.15. The maximum absolute atomic E-state index is 12.0. The third-order valence-electron chi connectivity index (χ3n) is 2.89. The molecule has 2 rings (SSSR count). The van der Waals surface area contributed by atoms with Crippen LogP contribution in [0.3, 0.4) is 0 Å². The Hall–Kier alpha value is -0.460. The molecule has 0 unspecified atom stereocenters. The lowest BCUT2D eigenvalue weighted by atomic mass is 9.78. The average Bonchev–Trinajstić information content (AvgIpc) is 2.76. The van der Waals surface area contributed by atoms with E-state index in [4.69, 9.17) is 9.47 Å². The molecule has 0 aliphatic carbocycles. The van der Waals surface area contributed by atoms with Gasteiger partial charge in [-0.1, -0.05) is 0 Å². The topological polar surface area (TPSA) is 48.4 Å². The number of hydrogen-bond acceptors (Lipinski definition) is 5. The highest BCUT2D eigenvalue weighted by atomic mass is 79.9. The number of halogens is 1. The number of hydrogen-bond donors (Lipinski definition) is 0. The Balaban J connectivity index is 2.37. The van der Waals surface area contributed by atoms with Crippen molar-refractivity contribution < 1.29 is 14.3 Å². The molecule has 88 valence electrons. The van der Waals surface area contributed by atoms with Crippen LogP contribution in [0.2, 0.25) is 0 Å². The van der Waals surface area contributed by atoms with E-state index in [1.54, 1.807) is 0 Å².